The lowest BCUT2D eigenvalue weighted by atomic mass is 9.89. The summed E-state index contributed by atoms with van der Waals surface area (Å²) in [6, 6.07) is 4.84. The number of carbonyl (C=O) groups excluding carboxylic acids is 1. The Morgan fingerprint density at radius 1 is 1.23 bits per heavy atom. The van der Waals surface area contributed by atoms with Gasteiger partial charge in [-0.15, -0.1) is 0 Å². The van der Waals surface area contributed by atoms with E-state index in [1.54, 1.807) is 6.07 Å². The van der Waals surface area contributed by atoms with Gasteiger partial charge < -0.3 is 19.7 Å². The molecule has 1 aromatic rings. The number of alkyl carbamates (subject to hydrolysis) is 1. The van der Waals surface area contributed by atoms with Crippen molar-refractivity contribution in [3.63, 3.8) is 0 Å². The van der Waals surface area contributed by atoms with Crippen LogP contribution in [0, 0.1) is 11.2 Å². The Hall–Kier alpha value is -1.86. The van der Waals surface area contributed by atoms with Crippen molar-refractivity contribution >= 4 is 11.8 Å². The molecule has 0 radical (unpaired) electrons. The van der Waals surface area contributed by atoms with Crippen molar-refractivity contribution in [1.29, 1.82) is 0 Å². The van der Waals surface area contributed by atoms with Crippen LogP contribution in [0.5, 0.6) is 0 Å². The average Bonchev–Trinajstić information content (AvgIpc) is 3.02. The predicted molar refractivity (Wildman–Crippen MR) is 117 cm³/mol. The predicted octanol–water partition coefficient (Wildman–Crippen LogP) is 3.44. The minimum Gasteiger partial charge on any atom is -0.445 e. The zero-order chi connectivity index (χ0) is 21.7. The Morgan fingerprint density at radius 3 is 2.67 bits per heavy atom. The Labute approximate surface area is 179 Å². The number of anilines is 1. The van der Waals surface area contributed by atoms with E-state index in [0.717, 1.165) is 63.5 Å². The molecule has 1 saturated heterocycles. The van der Waals surface area contributed by atoms with E-state index in [2.05, 4.69) is 35.9 Å². The number of halogens is 1. The number of benzene rings is 1. The molecular formula is C23H36FN3O3. The summed E-state index contributed by atoms with van der Waals surface area (Å²) in [4.78, 5) is 17.1. The summed E-state index contributed by atoms with van der Waals surface area (Å²) in [7, 11) is 0. The van der Waals surface area contributed by atoms with Crippen molar-refractivity contribution in [2.45, 2.75) is 52.7 Å². The molecule has 2 heterocycles. The second-order valence-corrected chi connectivity index (χ2v) is 9.72. The van der Waals surface area contributed by atoms with Gasteiger partial charge in [0.05, 0.1) is 13.2 Å². The number of hydrogen-bond acceptors (Lipinski definition) is 5. The Bertz CT molecular complexity index is 716. The first kappa shape index (κ1) is 22.8. The number of ether oxygens (including phenoxy) is 2. The Kier molecular flexibility index (Phi) is 7.58. The van der Waals surface area contributed by atoms with Crippen molar-refractivity contribution in [3.8, 4) is 0 Å². The third-order valence-corrected chi connectivity index (χ3v) is 5.57. The van der Waals surface area contributed by atoms with Gasteiger partial charge in [-0.05, 0) is 48.9 Å². The summed E-state index contributed by atoms with van der Waals surface area (Å²) in [5.41, 5.74) is 2.15. The maximum Gasteiger partial charge on any atom is 0.407 e. The molecule has 1 aromatic carbocycles. The lowest BCUT2D eigenvalue weighted by Crippen LogP contribution is -2.46. The molecule has 1 amide bonds. The third kappa shape index (κ3) is 6.84. The molecule has 0 aromatic heterocycles. The molecule has 0 saturated carbocycles. The van der Waals surface area contributed by atoms with Gasteiger partial charge in [0.1, 0.15) is 11.9 Å². The molecule has 30 heavy (non-hydrogen) atoms. The second-order valence-electron chi connectivity index (χ2n) is 9.72. The largest absolute Gasteiger partial charge is 0.445 e. The second kappa shape index (κ2) is 9.96. The van der Waals surface area contributed by atoms with Crippen molar-refractivity contribution in [2.75, 3.05) is 50.8 Å². The quantitative estimate of drug-likeness (QED) is 0.731. The monoisotopic (exact) mass is 421 g/mol. The molecule has 7 heteroatoms. The molecular weight excluding hydrogens is 385 g/mol. The maximum atomic E-state index is 13.4. The van der Waals surface area contributed by atoms with Gasteiger partial charge in [0.15, 0.2) is 0 Å². The Balaban J connectivity index is 1.51. The highest BCUT2D eigenvalue weighted by Crippen LogP contribution is 2.28. The van der Waals surface area contributed by atoms with Crippen molar-refractivity contribution < 1.29 is 18.7 Å². The minimum absolute atomic E-state index is 0.0668. The smallest absolute Gasteiger partial charge is 0.407 e. The minimum atomic E-state index is -0.372. The van der Waals surface area contributed by atoms with E-state index in [1.165, 1.54) is 6.07 Å². The average molecular weight is 422 g/mol. The van der Waals surface area contributed by atoms with Crippen LogP contribution in [0.25, 0.3) is 0 Å². The molecule has 1 fully saturated rings. The SMILES string of the molecule is C[C@@H](CN1CCc2cc(F)ccc21)NC(=O)O[C@H](CN1CCOCC1)CC(C)(C)C. The standard InChI is InChI=1S/C23H36FN3O3/c1-17(15-27-8-7-18-13-19(24)5-6-21(18)27)25-22(28)30-20(14-23(2,3)4)16-26-9-11-29-12-10-26/h5-6,13,17,20H,7-12,14-16H2,1-4H3,(H,25,28)/t17-,20-/m0/s1. The van der Waals surface area contributed by atoms with Crippen molar-refractivity contribution in [1.82, 2.24) is 10.2 Å². The lowest BCUT2D eigenvalue weighted by Gasteiger charge is -2.33. The highest BCUT2D eigenvalue weighted by atomic mass is 19.1. The third-order valence-electron chi connectivity index (χ3n) is 5.57. The normalized spacial score (nSPS) is 19.3. The summed E-state index contributed by atoms with van der Waals surface area (Å²) in [5.74, 6) is -0.199. The Morgan fingerprint density at radius 2 is 1.97 bits per heavy atom. The highest BCUT2D eigenvalue weighted by molar-refractivity contribution is 5.68. The van der Waals surface area contributed by atoms with Gasteiger partial charge >= 0.3 is 6.09 Å². The molecule has 2 atom stereocenters. The fraction of sp³-hybridized carbons (Fsp3) is 0.696. The van der Waals surface area contributed by atoms with Crippen LogP contribution in [0.3, 0.4) is 0 Å². The van der Waals surface area contributed by atoms with Crippen LogP contribution in [0.2, 0.25) is 0 Å². The topological polar surface area (TPSA) is 54.0 Å². The van der Waals surface area contributed by atoms with Crippen LogP contribution in [0.1, 0.15) is 39.7 Å². The van der Waals surface area contributed by atoms with Gasteiger partial charge in [-0.25, -0.2) is 9.18 Å². The maximum absolute atomic E-state index is 13.4. The van der Waals surface area contributed by atoms with Gasteiger partial charge in [0.25, 0.3) is 0 Å². The van der Waals surface area contributed by atoms with Crippen LogP contribution in [0.4, 0.5) is 14.9 Å². The number of fused-ring (bicyclic) bond motifs is 1. The molecule has 2 aliphatic heterocycles. The number of rotatable bonds is 7. The molecule has 168 valence electrons. The molecule has 1 N–H and O–H groups in total. The van der Waals surface area contributed by atoms with E-state index in [0.29, 0.717) is 6.54 Å². The van der Waals surface area contributed by atoms with Crippen LogP contribution in [-0.4, -0.2) is 69.1 Å². The van der Waals surface area contributed by atoms with Gasteiger partial charge in [-0.2, -0.15) is 0 Å². The van der Waals surface area contributed by atoms with Crippen molar-refractivity contribution in [2.24, 2.45) is 5.41 Å². The van der Waals surface area contributed by atoms with Gasteiger partial charge in [-0.1, -0.05) is 20.8 Å². The van der Waals surface area contributed by atoms with E-state index < -0.39 is 0 Å². The van der Waals surface area contributed by atoms with E-state index in [4.69, 9.17) is 9.47 Å². The summed E-state index contributed by atoms with van der Waals surface area (Å²) < 4.78 is 24.7. The zero-order valence-corrected chi connectivity index (χ0v) is 18.7. The number of morpholine rings is 1. The van der Waals surface area contributed by atoms with Gasteiger partial charge in [0.2, 0.25) is 0 Å². The van der Waals surface area contributed by atoms with E-state index in [9.17, 15) is 9.18 Å². The van der Waals surface area contributed by atoms with E-state index >= 15 is 0 Å². The zero-order valence-electron chi connectivity index (χ0n) is 18.7. The number of nitrogens with one attached hydrogen (secondary N) is 1. The lowest BCUT2D eigenvalue weighted by molar-refractivity contribution is -0.000768. The number of hydrogen-bond donors (Lipinski definition) is 1. The summed E-state index contributed by atoms with van der Waals surface area (Å²) in [6.45, 7) is 13.9. The molecule has 6 nitrogen and oxygen atoms in total. The van der Waals surface area contributed by atoms with E-state index in [1.807, 2.05) is 13.0 Å². The summed E-state index contributed by atoms with van der Waals surface area (Å²) in [6.07, 6.45) is 1.10. The number of amides is 1. The number of carbonyl (C=O) groups is 1. The summed E-state index contributed by atoms with van der Waals surface area (Å²) >= 11 is 0. The number of nitrogens with zero attached hydrogens (tertiary/aromatic N) is 2. The fourth-order valence-electron chi connectivity index (χ4n) is 4.29. The van der Waals surface area contributed by atoms with Crippen LogP contribution >= 0.6 is 0 Å². The van der Waals surface area contributed by atoms with E-state index in [-0.39, 0.29) is 29.5 Å². The highest BCUT2D eigenvalue weighted by Gasteiger charge is 2.27. The van der Waals surface area contributed by atoms with Gasteiger partial charge in [-0.3, -0.25) is 4.90 Å². The molecule has 3 rings (SSSR count). The van der Waals surface area contributed by atoms with Crippen LogP contribution < -0.4 is 10.2 Å². The van der Waals surface area contributed by atoms with Crippen molar-refractivity contribution in [3.05, 3.63) is 29.6 Å². The van der Waals surface area contributed by atoms with Crippen LogP contribution in [-0.2, 0) is 15.9 Å². The summed E-state index contributed by atoms with van der Waals surface area (Å²) in [5, 5.41) is 2.98. The molecule has 0 spiro atoms. The first-order valence-electron chi connectivity index (χ1n) is 11.0. The molecule has 2 aliphatic rings. The van der Waals surface area contributed by atoms with Crippen LogP contribution in [0.15, 0.2) is 18.2 Å². The van der Waals surface area contributed by atoms with Gasteiger partial charge in [0, 0.05) is 44.5 Å². The fourth-order valence-corrected chi connectivity index (χ4v) is 4.29. The molecule has 0 aliphatic carbocycles. The first-order chi connectivity index (χ1) is 14.2. The molecule has 0 bridgehead atoms. The first-order valence-corrected chi connectivity index (χ1v) is 11.0. The molecule has 0 unspecified atom stereocenters.